The van der Waals surface area contributed by atoms with E-state index in [9.17, 15) is 9.18 Å². The first-order chi connectivity index (χ1) is 15.5. The van der Waals surface area contributed by atoms with E-state index in [1.807, 2.05) is 54.6 Å². The van der Waals surface area contributed by atoms with Gasteiger partial charge >= 0.3 is 0 Å². The summed E-state index contributed by atoms with van der Waals surface area (Å²) >= 11 is 0. The van der Waals surface area contributed by atoms with Crippen molar-refractivity contribution in [3.05, 3.63) is 95.3 Å². The predicted octanol–water partition coefficient (Wildman–Crippen LogP) is 5.22. The highest BCUT2D eigenvalue weighted by Gasteiger charge is 2.21. The van der Waals surface area contributed by atoms with E-state index in [1.165, 1.54) is 12.1 Å². The standard InChI is InChI=1S/C26H29FN2O3.2ClH/c1-29(2)26(30)25(21-9-5-4-6-10-21)28-15-14-19-12-13-23(24(17-19)31-3)32-18-20-8-7-11-22(27)16-20;;/h4-13,16-17,25,28H,14-15,18H2,1-3H3;2*1H. The van der Waals surface area contributed by atoms with Gasteiger partial charge in [0.2, 0.25) is 5.91 Å². The third-order valence-electron chi connectivity index (χ3n) is 5.09. The third-order valence-corrected chi connectivity index (χ3v) is 5.09. The summed E-state index contributed by atoms with van der Waals surface area (Å²) in [6.07, 6.45) is 0.713. The van der Waals surface area contributed by atoms with Gasteiger partial charge in [0.1, 0.15) is 18.5 Å². The zero-order valence-corrected chi connectivity index (χ0v) is 21.1. The SMILES string of the molecule is COc1cc(CCNC(C(=O)N(C)C)c2ccccc2)ccc1OCc1cccc(F)c1.Cl.Cl. The van der Waals surface area contributed by atoms with Crippen molar-refractivity contribution in [2.24, 2.45) is 0 Å². The summed E-state index contributed by atoms with van der Waals surface area (Å²) in [6, 6.07) is 21.4. The Morgan fingerprint density at radius 2 is 1.68 bits per heavy atom. The molecule has 0 aromatic heterocycles. The molecule has 1 atom stereocenters. The number of nitrogens with zero attached hydrogens (tertiary/aromatic N) is 1. The predicted molar refractivity (Wildman–Crippen MR) is 138 cm³/mol. The lowest BCUT2D eigenvalue weighted by molar-refractivity contribution is -0.131. The smallest absolute Gasteiger partial charge is 0.243 e. The summed E-state index contributed by atoms with van der Waals surface area (Å²) < 4.78 is 24.7. The average molecular weight is 509 g/mol. The Balaban J connectivity index is 0.00000289. The number of methoxy groups -OCH3 is 1. The van der Waals surface area contributed by atoms with Crippen LogP contribution < -0.4 is 14.8 Å². The van der Waals surface area contributed by atoms with Crippen molar-refractivity contribution in [3.63, 3.8) is 0 Å². The molecule has 1 unspecified atom stereocenters. The minimum Gasteiger partial charge on any atom is -0.493 e. The van der Waals surface area contributed by atoms with E-state index in [4.69, 9.17) is 9.47 Å². The first kappa shape index (κ1) is 29.2. The molecule has 0 fully saturated rings. The van der Waals surface area contributed by atoms with Crippen LogP contribution in [0.4, 0.5) is 4.39 Å². The quantitative estimate of drug-likeness (QED) is 0.407. The number of halogens is 3. The fourth-order valence-corrected chi connectivity index (χ4v) is 3.39. The fraction of sp³-hybridized carbons (Fsp3) is 0.269. The molecule has 3 rings (SSSR count). The zero-order chi connectivity index (χ0) is 22.9. The summed E-state index contributed by atoms with van der Waals surface area (Å²) in [4.78, 5) is 14.2. The van der Waals surface area contributed by atoms with Crippen LogP contribution in [0, 0.1) is 5.82 Å². The first-order valence-electron chi connectivity index (χ1n) is 10.5. The van der Waals surface area contributed by atoms with Crippen LogP contribution in [0.3, 0.4) is 0 Å². The summed E-state index contributed by atoms with van der Waals surface area (Å²) in [6.45, 7) is 0.867. The molecule has 3 aromatic rings. The minimum atomic E-state index is -0.401. The van der Waals surface area contributed by atoms with Crippen LogP contribution in [-0.4, -0.2) is 38.6 Å². The maximum atomic E-state index is 13.4. The Morgan fingerprint density at radius 1 is 0.941 bits per heavy atom. The molecule has 0 aliphatic heterocycles. The zero-order valence-electron chi connectivity index (χ0n) is 19.5. The van der Waals surface area contributed by atoms with Gasteiger partial charge in [-0.05, 0) is 47.4 Å². The molecule has 184 valence electrons. The maximum Gasteiger partial charge on any atom is 0.243 e. The van der Waals surface area contributed by atoms with E-state index < -0.39 is 6.04 Å². The summed E-state index contributed by atoms with van der Waals surface area (Å²) in [5.41, 5.74) is 2.74. The van der Waals surface area contributed by atoms with Crippen LogP contribution in [0.15, 0.2) is 72.8 Å². The molecule has 0 bridgehead atoms. The number of carbonyl (C=O) groups excluding carboxylic acids is 1. The number of hydrogen-bond donors (Lipinski definition) is 1. The molecule has 1 N–H and O–H groups in total. The number of ether oxygens (including phenoxy) is 2. The molecular weight excluding hydrogens is 478 g/mol. The topological polar surface area (TPSA) is 50.8 Å². The van der Waals surface area contributed by atoms with Gasteiger partial charge in [0.25, 0.3) is 0 Å². The number of rotatable bonds is 10. The monoisotopic (exact) mass is 508 g/mol. The van der Waals surface area contributed by atoms with Crippen molar-refractivity contribution in [2.75, 3.05) is 27.7 Å². The van der Waals surface area contributed by atoms with Gasteiger partial charge in [-0.2, -0.15) is 0 Å². The van der Waals surface area contributed by atoms with Gasteiger partial charge in [0, 0.05) is 20.6 Å². The van der Waals surface area contributed by atoms with Gasteiger partial charge in [-0.15, -0.1) is 24.8 Å². The molecule has 5 nitrogen and oxygen atoms in total. The average Bonchev–Trinajstić information content (AvgIpc) is 2.81. The van der Waals surface area contributed by atoms with Gasteiger partial charge in [0.15, 0.2) is 11.5 Å². The third kappa shape index (κ3) is 8.20. The Hall–Kier alpha value is -2.80. The number of benzene rings is 3. The van der Waals surface area contributed by atoms with Gasteiger partial charge in [-0.25, -0.2) is 4.39 Å². The van der Waals surface area contributed by atoms with E-state index in [2.05, 4.69) is 5.32 Å². The summed E-state index contributed by atoms with van der Waals surface area (Å²) in [5, 5.41) is 3.37. The van der Waals surface area contributed by atoms with Crippen LogP contribution >= 0.6 is 24.8 Å². The van der Waals surface area contributed by atoms with Gasteiger partial charge in [-0.3, -0.25) is 4.79 Å². The molecule has 34 heavy (non-hydrogen) atoms. The molecule has 0 radical (unpaired) electrons. The van der Waals surface area contributed by atoms with Crippen LogP contribution in [0.1, 0.15) is 22.7 Å². The number of hydrogen-bond acceptors (Lipinski definition) is 4. The second-order valence-electron chi connectivity index (χ2n) is 7.68. The molecule has 3 aromatic carbocycles. The van der Waals surface area contributed by atoms with Crippen LogP contribution in [0.25, 0.3) is 0 Å². The largest absolute Gasteiger partial charge is 0.493 e. The molecule has 0 aliphatic rings. The van der Waals surface area contributed by atoms with E-state index in [-0.39, 0.29) is 43.1 Å². The molecule has 0 heterocycles. The Bertz CT molecular complexity index is 1040. The molecule has 0 saturated carbocycles. The Morgan fingerprint density at radius 3 is 2.32 bits per heavy atom. The first-order valence-corrected chi connectivity index (χ1v) is 10.5. The lowest BCUT2D eigenvalue weighted by atomic mass is 10.0. The summed E-state index contributed by atoms with van der Waals surface area (Å²) in [7, 11) is 5.11. The van der Waals surface area contributed by atoms with Crippen molar-refractivity contribution in [1.29, 1.82) is 0 Å². The van der Waals surface area contributed by atoms with Crippen molar-refractivity contribution < 1.29 is 18.7 Å². The lowest BCUT2D eigenvalue weighted by Crippen LogP contribution is -2.37. The molecule has 1 amide bonds. The number of likely N-dealkylation sites (N-methyl/N-ethyl adjacent to an activating group) is 1. The second-order valence-corrected chi connectivity index (χ2v) is 7.68. The van der Waals surface area contributed by atoms with Crippen LogP contribution in [0.5, 0.6) is 11.5 Å². The number of amides is 1. The molecule has 8 heteroatoms. The van der Waals surface area contributed by atoms with Crippen LogP contribution in [-0.2, 0) is 17.8 Å². The Labute approximate surface area is 213 Å². The summed E-state index contributed by atoms with van der Waals surface area (Å²) in [5.74, 6) is 0.929. The van der Waals surface area contributed by atoms with Gasteiger partial charge in [-0.1, -0.05) is 48.5 Å². The molecule has 0 spiro atoms. The van der Waals surface area contributed by atoms with Gasteiger partial charge in [0.05, 0.1) is 7.11 Å². The number of nitrogens with one attached hydrogen (secondary N) is 1. The highest BCUT2D eigenvalue weighted by Crippen LogP contribution is 2.29. The van der Waals surface area contributed by atoms with E-state index >= 15 is 0 Å². The van der Waals surface area contributed by atoms with Crippen LogP contribution in [0.2, 0.25) is 0 Å². The normalized spacial score (nSPS) is 10.9. The van der Waals surface area contributed by atoms with Gasteiger partial charge < -0.3 is 19.7 Å². The Kier molecular flexibility index (Phi) is 12.4. The second kappa shape index (κ2) is 14.5. The minimum absolute atomic E-state index is 0. The molecular formula is C26H31Cl2FN2O3. The van der Waals surface area contributed by atoms with Crippen molar-refractivity contribution >= 4 is 30.7 Å². The fourth-order valence-electron chi connectivity index (χ4n) is 3.39. The number of carbonyl (C=O) groups is 1. The lowest BCUT2D eigenvalue weighted by Gasteiger charge is -2.22. The van der Waals surface area contributed by atoms with E-state index in [0.29, 0.717) is 24.5 Å². The van der Waals surface area contributed by atoms with Crippen molar-refractivity contribution in [3.8, 4) is 11.5 Å². The highest BCUT2D eigenvalue weighted by molar-refractivity contribution is 5.85. The van der Waals surface area contributed by atoms with Crippen molar-refractivity contribution in [1.82, 2.24) is 10.2 Å². The van der Waals surface area contributed by atoms with E-state index in [1.54, 1.807) is 32.2 Å². The maximum absolute atomic E-state index is 13.4. The highest BCUT2D eigenvalue weighted by atomic mass is 35.5. The molecule has 0 saturated heterocycles. The molecule has 0 aliphatic carbocycles. The van der Waals surface area contributed by atoms with E-state index in [0.717, 1.165) is 16.7 Å². The van der Waals surface area contributed by atoms with Crippen molar-refractivity contribution in [2.45, 2.75) is 19.1 Å².